The molecule has 1 aliphatic heterocycles. The van der Waals surface area contributed by atoms with Gasteiger partial charge in [0.25, 0.3) is 5.91 Å². The van der Waals surface area contributed by atoms with Crippen molar-refractivity contribution in [3.63, 3.8) is 0 Å². The molecule has 0 radical (unpaired) electrons. The molecule has 0 aliphatic carbocycles. The number of pyridine rings is 1. The van der Waals surface area contributed by atoms with E-state index in [9.17, 15) is 4.79 Å². The molecule has 0 saturated carbocycles. The van der Waals surface area contributed by atoms with E-state index in [1.165, 1.54) is 5.56 Å². The number of piperidine rings is 1. The van der Waals surface area contributed by atoms with E-state index in [0.717, 1.165) is 48.4 Å². The summed E-state index contributed by atoms with van der Waals surface area (Å²) in [5.41, 5.74) is 4.72. The molecule has 0 spiro atoms. The molecule has 5 nitrogen and oxygen atoms in total. The standard InChI is InChI=1S/C26H29N3O2/c1-19-6-8-21(9-7-19)22-10-11-25(27-18-22)26(30)28-17-20-4-3-5-24(16-20)31-23-12-14-29(2)15-13-23/h3-11,16,18,23H,12-15,17H2,1-2H3,(H,28,30). The number of benzene rings is 2. The van der Waals surface area contributed by atoms with Crippen LogP contribution in [0.25, 0.3) is 11.1 Å². The van der Waals surface area contributed by atoms with Crippen molar-refractivity contribution in [1.29, 1.82) is 0 Å². The Morgan fingerprint density at radius 1 is 1.06 bits per heavy atom. The van der Waals surface area contributed by atoms with Crippen molar-refractivity contribution < 1.29 is 9.53 Å². The minimum absolute atomic E-state index is 0.183. The van der Waals surface area contributed by atoms with Crippen LogP contribution >= 0.6 is 0 Å². The van der Waals surface area contributed by atoms with Crippen LogP contribution < -0.4 is 10.1 Å². The van der Waals surface area contributed by atoms with Gasteiger partial charge in [0.15, 0.2) is 0 Å². The highest BCUT2D eigenvalue weighted by molar-refractivity contribution is 5.92. The van der Waals surface area contributed by atoms with E-state index in [4.69, 9.17) is 4.74 Å². The number of amides is 1. The van der Waals surface area contributed by atoms with Crippen molar-refractivity contribution in [1.82, 2.24) is 15.2 Å². The van der Waals surface area contributed by atoms with Crippen molar-refractivity contribution in [2.24, 2.45) is 0 Å². The number of carbonyl (C=O) groups is 1. The van der Waals surface area contributed by atoms with Crippen LogP contribution in [0.1, 0.15) is 34.5 Å². The van der Waals surface area contributed by atoms with Crippen LogP contribution in [-0.4, -0.2) is 42.0 Å². The lowest BCUT2D eigenvalue weighted by Gasteiger charge is -2.29. The maximum atomic E-state index is 12.5. The van der Waals surface area contributed by atoms with Gasteiger partial charge < -0.3 is 15.0 Å². The molecule has 0 atom stereocenters. The van der Waals surface area contributed by atoms with Crippen molar-refractivity contribution in [2.75, 3.05) is 20.1 Å². The normalized spacial score (nSPS) is 14.9. The van der Waals surface area contributed by atoms with E-state index in [2.05, 4.69) is 53.4 Å². The van der Waals surface area contributed by atoms with Crippen LogP contribution in [0.4, 0.5) is 0 Å². The van der Waals surface area contributed by atoms with Gasteiger partial charge >= 0.3 is 0 Å². The maximum absolute atomic E-state index is 12.5. The first-order valence-corrected chi connectivity index (χ1v) is 10.8. The number of hydrogen-bond donors (Lipinski definition) is 1. The van der Waals surface area contributed by atoms with Crippen LogP contribution in [0.15, 0.2) is 66.9 Å². The van der Waals surface area contributed by atoms with Gasteiger partial charge in [0.2, 0.25) is 0 Å². The Bertz CT molecular complexity index is 1010. The summed E-state index contributed by atoms with van der Waals surface area (Å²) in [5.74, 6) is 0.680. The number of nitrogens with zero attached hydrogens (tertiary/aromatic N) is 2. The Morgan fingerprint density at radius 3 is 2.52 bits per heavy atom. The SMILES string of the molecule is Cc1ccc(-c2ccc(C(=O)NCc3cccc(OC4CCN(C)CC4)c3)nc2)cc1. The molecule has 0 unspecified atom stereocenters. The van der Waals surface area contributed by atoms with Crippen molar-refractivity contribution in [3.05, 3.63) is 83.7 Å². The van der Waals surface area contributed by atoms with Gasteiger partial charge in [-0.1, -0.05) is 48.0 Å². The average molecular weight is 416 g/mol. The second-order valence-corrected chi connectivity index (χ2v) is 8.25. The fraction of sp³-hybridized carbons (Fsp3) is 0.308. The molecule has 31 heavy (non-hydrogen) atoms. The molecule has 1 N–H and O–H groups in total. The van der Waals surface area contributed by atoms with Gasteiger partial charge in [0.1, 0.15) is 17.5 Å². The molecular formula is C26H29N3O2. The van der Waals surface area contributed by atoms with E-state index >= 15 is 0 Å². The number of ether oxygens (including phenoxy) is 1. The molecule has 2 aromatic carbocycles. The van der Waals surface area contributed by atoms with Crippen LogP contribution in [0, 0.1) is 6.92 Å². The third-order valence-electron chi connectivity index (χ3n) is 5.70. The first-order valence-electron chi connectivity index (χ1n) is 10.8. The number of carbonyl (C=O) groups excluding carboxylic acids is 1. The highest BCUT2D eigenvalue weighted by Crippen LogP contribution is 2.21. The Labute approximate surface area is 184 Å². The lowest BCUT2D eigenvalue weighted by molar-refractivity contribution is 0.0945. The zero-order chi connectivity index (χ0) is 21.6. The lowest BCUT2D eigenvalue weighted by atomic mass is 10.1. The molecule has 1 aromatic heterocycles. The summed E-state index contributed by atoms with van der Waals surface area (Å²) >= 11 is 0. The van der Waals surface area contributed by atoms with E-state index in [-0.39, 0.29) is 12.0 Å². The summed E-state index contributed by atoms with van der Waals surface area (Å²) in [5, 5.41) is 2.95. The Balaban J connectivity index is 1.32. The molecule has 5 heteroatoms. The average Bonchev–Trinajstić information content (AvgIpc) is 2.80. The van der Waals surface area contributed by atoms with Gasteiger partial charge in [-0.15, -0.1) is 0 Å². The number of likely N-dealkylation sites (tertiary alicyclic amines) is 1. The third kappa shape index (κ3) is 5.70. The van der Waals surface area contributed by atoms with Crippen LogP contribution in [-0.2, 0) is 6.54 Å². The largest absolute Gasteiger partial charge is 0.490 e. The quantitative estimate of drug-likeness (QED) is 0.646. The Kier molecular flexibility index (Phi) is 6.63. The molecule has 1 fully saturated rings. The molecular weight excluding hydrogens is 386 g/mol. The molecule has 160 valence electrons. The van der Waals surface area contributed by atoms with Gasteiger partial charge in [0.05, 0.1) is 0 Å². The monoisotopic (exact) mass is 415 g/mol. The van der Waals surface area contributed by atoms with Gasteiger partial charge in [-0.2, -0.15) is 0 Å². The fourth-order valence-electron chi connectivity index (χ4n) is 3.74. The summed E-state index contributed by atoms with van der Waals surface area (Å²) in [7, 11) is 2.14. The summed E-state index contributed by atoms with van der Waals surface area (Å²) in [6, 6.07) is 19.9. The maximum Gasteiger partial charge on any atom is 0.270 e. The Hall–Kier alpha value is -3.18. The van der Waals surface area contributed by atoms with Gasteiger partial charge in [-0.3, -0.25) is 9.78 Å². The first kappa shape index (κ1) is 21.1. The van der Waals surface area contributed by atoms with Gasteiger partial charge in [0, 0.05) is 31.4 Å². The molecule has 2 heterocycles. The summed E-state index contributed by atoms with van der Waals surface area (Å²) in [6.45, 7) is 4.63. The first-order chi connectivity index (χ1) is 15.1. The second-order valence-electron chi connectivity index (χ2n) is 8.25. The zero-order valence-electron chi connectivity index (χ0n) is 18.2. The van der Waals surface area contributed by atoms with E-state index in [1.54, 1.807) is 12.3 Å². The molecule has 1 saturated heterocycles. The fourth-order valence-corrected chi connectivity index (χ4v) is 3.74. The topological polar surface area (TPSA) is 54.5 Å². The van der Waals surface area contributed by atoms with E-state index < -0.39 is 0 Å². The summed E-state index contributed by atoms with van der Waals surface area (Å²) in [6.07, 6.45) is 4.09. The number of rotatable bonds is 6. The molecule has 3 aromatic rings. The predicted octanol–water partition coefficient (Wildman–Crippen LogP) is 4.46. The smallest absolute Gasteiger partial charge is 0.270 e. The number of aryl methyl sites for hydroxylation is 1. The number of nitrogens with one attached hydrogen (secondary N) is 1. The van der Waals surface area contributed by atoms with Crippen LogP contribution in [0.3, 0.4) is 0 Å². The number of hydrogen-bond acceptors (Lipinski definition) is 4. The molecule has 0 bridgehead atoms. The summed E-state index contributed by atoms with van der Waals surface area (Å²) in [4.78, 5) is 19.2. The van der Waals surface area contributed by atoms with Gasteiger partial charge in [-0.25, -0.2) is 0 Å². The minimum atomic E-state index is -0.183. The Morgan fingerprint density at radius 2 is 1.81 bits per heavy atom. The van der Waals surface area contributed by atoms with Crippen molar-refractivity contribution >= 4 is 5.91 Å². The molecule has 1 aliphatic rings. The second kappa shape index (κ2) is 9.75. The predicted molar refractivity (Wildman–Crippen MR) is 123 cm³/mol. The van der Waals surface area contributed by atoms with E-state index in [1.807, 2.05) is 30.3 Å². The summed E-state index contributed by atoms with van der Waals surface area (Å²) < 4.78 is 6.15. The highest BCUT2D eigenvalue weighted by Gasteiger charge is 2.18. The third-order valence-corrected chi connectivity index (χ3v) is 5.70. The number of aromatic nitrogens is 1. The zero-order valence-corrected chi connectivity index (χ0v) is 18.2. The van der Waals surface area contributed by atoms with Crippen molar-refractivity contribution in [2.45, 2.75) is 32.4 Å². The van der Waals surface area contributed by atoms with Crippen LogP contribution in [0.5, 0.6) is 5.75 Å². The van der Waals surface area contributed by atoms with Crippen LogP contribution in [0.2, 0.25) is 0 Å². The lowest BCUT2D eigenvalue weighted by Crippen LogP contribution is -2.35. The van der Waals surface area contributed by atoms with Gasteiger partial charge in [-0.05, 0) is 56.1 Å². The highest BCUT2D eigenvalue weighted by atomic mass is 16.5. The molecule has 1 amide bonds. The van der Waals surface area contributed by atoms with E-state index in [0.29, 0.717) is 12.2 Å². The molecule has 4 rings (SSSR count). The minimum Gasteiger partial charge on any atom is -0.490 e. The van der Waals surface area contributed by atoms with Crippen molar-refractivity contribution in [3.8, 4) is 16.9 Å².